The molecule has 0 saturated heterocycles. The zero-order valence-electron chi connectivity index (χ0n) is 14.9. The highest BCUT2D eigenvalue weighted by Crippen LogP contribution is 2.37. The lowest BCUT2D eigenvalue weighted by Gasteiger charge is -2.37. The average Bonchev–Trinajstić information content (AvgIpc) is 2.55. The highest BCUT2D eigenvalue weighted by molar-refractivity contribution is 5.83. The van der Waals surface area contributed by atoms with Crippen molar-refractivity contribution in [3.8, 4) is 0 Å². The van der Waals surface area contributed by atoms with Crippen LogP contribution in [-0.4, -0.2) is 31.2 Å². The molecule has 136 valence electrons. The molecule has 0 aromatic carbocycles. The number of hydrogen-bond donors (Lipinski definition) is 2. The van der Waals surface area contributed by atoms with Crippen LogP contribution in [0.4, 0.5) is 0 Å². The van der Waals surface area contributed by atoms with Crippen molar-refractivity contribution in [3.63, 3.8) is 0 Å². The first-order valence-corrected chi connectivity index (χ1v) is 9.13. The number of hydroxylamine groups is 2. The fourth-order valence-corrected chi connectivity index (χ4v) is 4.23. The molecule has 2 N–H and O–H groups in total. The van der Waals surface area contributed by atoms with Crippen molar-refractivity contribution in [2.45, 2.75) is 58.4 Å². The average molecular weight is 338 g/mol. The zero-order valence-corrected chi connectivity index (χ0v) is 14.9. The van der Waals surface area contributed by atoms with E-state index in [0.717, 1.165) is 32.0 Å². The van der Waals surface area contributed by atoms with Crippen LogP contribution in [0.5, 0.6) is 0 Å². The number of carbonyl (C=O) groups excluding carboxylic acids is 3. The van der Waals surface area contributed by atoms with Crippen molar-refractivity contribution in [1.29, 1.82) is 0 Å². The predicted octanol–water partition coefficient (Wildman–Crippen LogP) is 0.698. The van der Waals surface area contributed by atoms with Gasteiger partial charge in [0.2, 0.25) is 5.91 Å². The van der Waals surface area contributed by atoms with Gasteiger partial charge < -0.3 is 20.4 Å². The van der Waals surface area contributed by atoms with Crippen molar-refractivity contribution >= 4 is 18.1 Å². The van der Waals surface area contributed by atoms with Crippen molar-refractivity contribution in [2.75, 3.05) is 7.05 Å². The predicted molar refractivity (Wildman–Crippen MR) is 89.8 cm³/mol. The third-order valence-electron chi connectivity index (χ3n) is 5.91. The van der Waals surface area contributed by atoms with E-state index in [1.165, 1.54) is 7.05 Å². The lowest BCUT2D eigenvalue weighted by atomic mass is 9.68. The second kappa shape index (κ2) is 8.21. The van der Waals surface area contributed by atoms with Crippen LogP contribution in [0.3, 0.4) is 0 Å². The molecule has 24 heavy (non-hydrogen) atoms. The molecule has 2 amide bonds. The van der Waals surface area contributed by atoms with Crippen LogP contribution in [-0.2, 0) is 14.4 Å². The highest BCUT2D eigenvalue weighted by atomic mass is 16.5. The molecule has 5 unspecified atom stereocenters. The third-order valence-corrected chi connectivity index (χ3v) is 5.91. The molecule has 5 atom stereocenters. The van der Waals surface area contributed by atoms with Gasteiger partial charge in [0.25, 0.3) is 0 Å². The number of hydrogen-bond acceptors (Lipinski definition) is 4. The molecular weight excluding hydrogens is 308 g/mol. The Morgan fingerprint density at radius 2 is 1.71 bits per heavy atom. The number of nitrogens with one attached hydrogen (secondary N) is 2. The van der Waals surface area contributed by atoms with Crippen LogP contribution in [0, 0.1) is 34.8 Å². The maximum atomic E-state index is 12.7. The highest BCUT2D eigenvalue weighted by Gasteiger charge is 2.43. The van der Waals surface area contributed by atoms with Gasteiger partial charge in [0.05, 0.1) is 13.0 Å². The standard InChI is InChI=1S/C18H30N2O4/c1-11-4-6-14(7-5-11)19-17(22)16-9-15(18(23)20(3)24)12(2)8-13(16)10-21/h10-16,20H,4-9H2,1-3H3,(H,19,22). The maximum Gasteiger partial charge on any atom is 0.315 e. The van der Waals surface area contributed by atoms with Crippen LogP contribution < -0.4 is 10.4 Å². The minimum atomic E-state index is -0.494. The Morgan fingerprint density at radius 3 is 2.25 bits per heavy atom. The van der Waals surface area contributed by atoms with E-state index in [9.17, 15) is 19.6 Å². The molecule has 0 aromatic heterocycles. The molecule has 0 radical (unpaired) electrons. The summed E-state index contributed by atoms with van der Waals surface area (Å²) in [5.41, 5.74) is 0. The first-order valence-electron chi connectivity index (χ1n) is 9.13. The van der Waals surface area contributed by atoms with Crippen LogP contribution in [0.25, 0.3) is 0 Å². The van der Waals surface area contributed by atoms with E-state index in [-0.39, 0.29) is 23.8 Å². The summed E-state index contributed by atoms with van der Waals surface area (Å²) < 4.78 is 0. The first-order chi connectivity index (χ1) is 11.3. The third kappa shape index (κ3) is 4.42. The molecule has 2 rings (SSSR count). The van der Waals surface area contributed by atoms with E-state index in [0.29, 0.717) is 18.8 Å². The van der Waals surface area contributed by atoms with Crippen LogP contribution in [0.2, 0.25) is 0 Å². The minimum Gasteiger partial charge on any atom is -0.627 e. The number of amides is 2. The van der Waals surface area contributed by atoms with E-state index in [4.69, 9.17) is 0 Å². The Morgan fingerprint density at radius 1 is 1.08 bits per heavy atom. The van der Waals surface area contributed by atoms with Crippen LogP contribution in [0.1, 0.15) is 52.4 Å². The topological polar surface area (TPSA) is 90.7 Å². The minimum absolute atomic E-state index is 0.0452. The molecule has 2 aliphatic carbocycles. The Kier molecular flexibility index (Phi) is 6.52. The van der Waals surface area contributed by atoms with Crippen molar-refractivity contribution in [2.24, 2.45) is 29.6 Å². The molecule has 2 saturated carbocycles. The quantitative estimate of drug-likeness (QED) is 0.583. The van der Waals surface area contributed by atoms with Gasteiger partial charge in [-0.15, -0.1) is 0 Å². The summed E-state index contributed by atoms with van der Waals surface area (Å²) in [6, 6.07) is 0.169. The van der Waals surface area contributed by atoms with Gasteiger partial charge in [-0.05, 0) is 50.4 Å². The summed E-state index contributed by atoms with van der Waals surface area (Å²) in [4.78, 5) is 36.3. The summed E-state index contributed by atoms with van der Waals surface area (Å²) >= 11 is 0. The van der Waals surface area contributed by atoms with Crippen LogP contribution in [0.15, 0.2) is 0 Å². The summed E-state index contributed by atoms with van der Waals surface area (Å²) in [7, 11) is 1.28. The molecule has 6 heteroatoms. The van der Waals surface area contributed by atoms with Gasteiger partial charge in [-0.2, -0.15) is 0 Å². The summed E-state index contributed by atoms with van der Waals surface area (Å²) in [5.74, 6) is -1.17. The van der Waals surface area contributed by atoms with Gasteiger partial charge in [0.1, 0.15) is 6.29 Å². The Bertz CT molecular complexity index is 472. The number of carbonyl (C=O) groups is 3. The van der Waals surface area contributed by atoms with Crippen LogP contribution >= 0.6 is 0 Å². The molecule has 0 bridgehead atoms. The largest absolute Gasteiger partial charge is 0.627 e. The second-order valence-electron chi connectivity index (χ2n) is 7.85. The monoisotopic (exact) mass is 338 g/mol. The summed E-state index contributed by atoms with van der Waals surface area (Å²) in [6.45, 7) is 4.11. The molecule has 6 nitrogen and oxygen atoms in total. The van der Waals surface area contributed by atoms with E-state index in [1.807, 2.05) is 6.92 Å². The molecule has 0 aliphatic heterocycles. The van der Waals surface area contributed by atoms with Gasteiger partial charge in [-0.25, -0.2) is 4.79 Å². The molecule has 0 heterocycles. The van der Waals surface area contributed by atoms with Crippen molar-refractivity contribution in [3.05, 3.63) is 5.21 Å². The van der Waals surface area contributed by atoms with E-state index in [2.05, 4.69) is 12.2 Å². The Balaban J connectivity index is 2.03. The van der Waals surface area contributed by atoms with E-state index in [1.54, 1.807) is 0 Å². The molecule has 2 fully saturated rings. The normalized spacial score (nSPS) is 38.2. The van der Waals surface area contributed by atoms with Gasteiger partial charge >= 0.3 is 5.91 Å². The molecule has 0 spiro atoms. The Labute approximate surface area is 143 Å². The number of rotatable bonds is 4. The Hall–Kier alpha value is -1.27. The van der Waals surface area contributed by atoms with Gasteiger partial charge in [0, 0.05) is 17.9 Å². The SMILES string of the molecule is CC1CCC(NC(=O)C2CC(C(=O)[NH+](C)[O-])C(C)CC2C=O)CC1. The second-order valence-corrected chi connectivity index (χ2v) is 7.85. The first kappa shape index (κ1) is 19.1. The fraction of sp³-hybridized carbons (Fsp3) is 0.833. The lowest BCUT2D eigenvalue weighted by molar-refractivity contribution is -0.743. The summed E-state index contributed by atoms with van der Waals surface area (Å²) in [6.07, 6.45) is 5.79. The molecule has 0 aromatic rings. The maximum absolute atomic E-state index is 12.7. The number of quaternary nitrogens is 1. The smallest absolute Gasteiger partial charge is 0.315 e. The van der Waals surface area contributed by atoms with Crippen molar-refractivity contribution < 1.29 is 19.4 Å². The van der Waals surface area contributed by atoms with Crippen molar-refractivity contribution in [1.82, 2.24) is 5.32 Å². The zero-order chi connectivity index (χ0) is 17.9. The van der Waals surface area contributed by atoms with E-state index >= 15 is 0 Å². The summed E-state index contributed by atoms with van der Waals surface area (Å²) in [5, 5.41) is 14.1. The number of aldehydes is 1. The van der Waals surface area contributed by atoms with Gasteiger partial charge in [-0.3, -0.25) is 4.79 Å². The molecular formula is C18H30N2O4. The molecule has 2 aliphatic rings. The fourth-order valence-electron chi connectivity index (χ4n) is 4.23. The lowest BCUT2D eigenvalue weighted by Crippen LogP contribution is -3.08. The van der Waals surface area contributed by atoms with Gasteiger partial charge in [0.15, 0.2) is 0 Å². The van der Waals surface area contributed by atoms with E-state index < -0.39 is 22.8 Å². The van der Waals surface area contributed by atoms with Gasteiger partial charge in [-0.1, -0.05) is 13.8 Å².